The number of rotatable bonds is 2. The molecule has 7 heteroatoms. The van der Waals surface area contributed by atoms with Crippen LogP contribution in [0.15, 0.2) is 45.5 Å². The minimum Gasteiger partial charge on any atom is -0.337 e. The molecule has 0 spiro atoms. The Balaban J connectivity index is 1.96. The van der Waals surface area contributed by atoms with Crippen molar-refractivity contribution in [2.24, 2.45) is 7.05 Å². The number of hydrogen-bond donors (Lipinski definition) is 0. The van der Waals surface area contributed by atoms with Gasteiger partial charge in [0.15, 0.2) is 6.20 Å². The van der Waals surface area contributed by atoms with Crippen molar-refractivity contribution in [2.45, 2.75) is 18.4 Å². The molecule has 1 aliphatic rings. The van der Waals surface area contributed by atoms with E-state index in [0.29, 0.717) is 6.54 Å². The number of para-hydroxylation sites is 1. The van der Waals surface area contributed by atoms with E-state index in [1.165, 1.54) is 4.90 Å². The first-order valence-electron chi connectivity index (χ1n) is 7.99. The topological polar surface area (TPSA) is 29.1 Å². The molecular weight excluding hydrogens is 370 g/mol. The first kappa shape index (κ1) is 16.6. The molecule has 0 radical (unpaired) electrons. The van der Waals surface area contributed by atoms with E-state index < -0.39 is 0 Å². The standard InChI is InChI=1S/C18H18N3OS3/c1-4-21-15(11-14-19(2)9-10-23-14)25-16(17(21)22)18-20(3)12-7-5-6-8-13(12)24-18/h5-11H,4H2,1-3H3/q+1/b18-16+. The predicted octanol–water partition coefficient (Wildman–Crippen LogP) is 1.95. The lowest BCUT2D eigenvalue weighted by molar-refractivity contribution is -0.668. The predicted molar refractivity (Wildman–Crippen MR) is 107 cm³/mol. The van der Waals surface area contributed by atoms with E-state index >= 15 is 0 Å². The van der Waals surface area contributed by atoms with Crippen LogP contribution in [-0.2, 0) is 13.6 Å². The van der Waals surface area contributed by atoms with Crippen molar-refractivity contribution in [2.75, 3.05) is 11.9 Å². The van der Waals surface area contributed by atoms with Crippen molar-refractivity contribution < 1.29 is 4.57 Å². The third kappa shape index (κ3) is 2.76. The van der Waals surface area contributed by atoms with Gasteiger partial charge in [-0.3, -0.25) is 9.36 Å². The Labute approximate surface area is 158 Å². The number of thioether (sulfide) groups is 1. The maximum atomic E-state index is 13.0. The summed E-state index contributed by atoms with van der Waals surface area (Å²) in [6.07, 6.45) is 4.14. The monoisotopic (exact) mass is 388 g/mol. The Morgan fingerprint density at radius 2 is 2.08 bits per heavy atom. The van der Waals surface area contributed by atoms with E-state index in [1.807, 2.05) is 43.9 Å². The van der Waals surface area contributed by atoms with Crippen molar-refractivity contribution in [1.29, 1.82) is 0 Å². The molecular formula is C18H18N3OS3+. The molecule has 0 unspecified atom stereocenters. The number of anilines is 1. The summed E-state index contributed by atoms with van der Waals surface area (Å²) in [7, 11) is 4.06. The lowest BCUT2D eigenvalue weighted by Gasteiger charge is -2.11. The van der Waals surface area contributed by atoms with Gasteiger partial charge >= 0.3 is 0 Å². The Bertz CT molecular complexity index is 1120. The number of aromatic nitrogens is 2. The van der Waals surface area contributed by atoms with Crippen LogP contribution in [0.2, 0.25) is 0 Å². The van der Waals surface area contributed by atoms with E-state index in [2.05, 4.69) is 33.1 Å². The van der Waals surface area contributed by atoms with E-state index in [0.717, 1.165) is 24.9 Å². The highest BCUT2D eigenvalue weighted by Crippen LogP contribution is 2.44. The average molecular weight is 389 g/mol. The summed E-state index contributed by atoms with van der Waals surface area (Å²) in [5.41, 5.74) is 1.26. The average Bonchev–Trinajstić information content (AvgIpc) is 3.25. The molecule has 25 heavy (non-hydrogen) atoms. The lowest BCUT2D eigenvalue weighted by atomic mass is 10.3. The molecule has 0 saturated carbocycles. The fraction of sp³-hybridized carbons (Fsp3) is 0.222. The lowest BCUT2D eigenvalue weighted by Crippen LogP contribution is -2.34. The van der Waals surface area contributed by atoms with Crippen molar-refractivity contribution in [1.82, 2.24) is 4.57 Å². The summed E-state index contributed by atoms with van der Waals surface area (Å²) in [4.78, 5) is 16.3. The summed E-state index contributed by atoms with van der Waals surface area (Å²) in [6.45, 7) is 2.69. The van der Waals surface area contributed by atoms with Gasteiger partial charge in [0.05, 0.1) is 17.1 Å². The van der Waals surface area contributed by atoms with Gasteiger partial charge in [0.1, 0.15) is 21.3 Å². The second-order valence-corrected chi connectivity index (χ2v) is 8.74. The first-order valence-corrected chi connectivity index (χ1v) is 10.5. The highest BCUT2D eigenvalue weighted by molar-refractivity contribution is 8.08. The largest absolute Gasteiger partial charge is 0.337 e. The molecule has 0 atom stereocenters. The Morgan fingerprint density at radius 1 is 1.28 bits per heavy atom. The molecule has 0 N–H and O–H groups in total. The molecule has 1 aromatic carbocycles. The SMILES string of the molecule is CCn1c(=O)/c(=C2\Sc3ccccc3N2C)s/c1=C\c1scc[n+]1C. The van der Waals surface area contributed by atoms with Gasteiger partial charge in [-0.15, -0.1) is 11.3 Å². The number of thiazole rings is 2. The van der Waals surface area contributed by atoms with Crippen LogP contribution in [0.4, 0.5) is 5.69 Å². The highest BCUT2D eigenvalue weighted by atomic mass is 32.2. The zero-order chi connectivity index (χ0) is 17.6. The minimum absolute atomic E-state index is 0.0973. The summed E-state index contributed by atoms with van der Waals surface area (Å²) in [5.74, 6) is 0. The van der Waals surface area contributed by atoms with Crippen molar-refractivity contribution in [3.05, 3.63) is 60.4 Å². The zero-order valence-electron chi connectivity index (χ0n) is 14.2. The molecule has 4 rings (SSSR count). The number of nitrogens with zero attached hydrogens (tertiary/aromatic N) is 3. The van der Waals surface area contributed by atoms with Crippen LogP contribution in [0, 0.1) is 0 Å². The molecule has 3 aromatic rings. The van der Waals surface area contributed by atoms with E-state index in [1.54, 1.807) is 34.4 Å². The van der Waals surface area contributed by atoms with Crippen molar-refractivity contribution >= 4 is 51.2 Å². The van der Waals surface area contributed by atoms with E-state index in [-0.39, 0.29) is 5.56 Å². The summed E-state index contributed by atoms with van der Waals surface area (Å²) < 4.78 is 5.76. The number of aryl methyl sites for hydroxylation is 1. The quantitative estimate of drug-likeness (QED) is 0.629. The molecule has 0 aliphatic carbocycles. The van der Waals surface area contributed by atoms with Crippen LogP contribution >= 0.6 is 34.4 Å². The first-order chi connectivity index (χ1) is 12.1. The molecule has 0 amide bonds. The highest BCUT2D eigenvalue weighted by Gasteiger charge is 2.24. The van der Waals surface area contributed by atoms with Crippen LogP contribution < -0.4 is 24.2 Å². The normalized spacial score (nSPS) is 16.6. The Morgan fingerprint density at radius 3 is 2.76 bits per heavy atom. The third-order valence-electron chi connectivity index (χ3n) is 4.23. The van der Waals surface area contributed by atoms with Crippen LogP contribution in [-0.4, -0.2) is 11.6 Å². The minimum atomic E-state index is 0.0973. The number of hydrogen-bond acceptors (Lipinski definition) is 5. The molecule has 0 fully saturated rings. The molecule has 4 nitrogen and oxygen atoms in total. The maximum absolute atomic E-state index is 13.0. The van der Waals surface area contributed by atoms with Gasteiger partial charge in [0.2, 0.25) is 0 Å². The molecule has 1 aliphatic heterocycles. The maximum Gasteiger partial charge on any atom is 0.271 e. The van der Waals surface area contributed by atoms with Gasteiger partial charge in [-0.2, -0.15) is 4.57 Å². The summed E-state index contributed by atoms with van der Waals surface area (Å²) in [5, 5.41) is 4.21. The molecule has 3 heterocycles. The number of fused-ring (bicyclic) bond motifs is 1. The van der Waals surface area contributed by atoms with Gasteiger partial charge in [-0.05, 0) is 19.1 Å². The van der Waals surface area contributed by atoms with Crippen LogP contribution in [0.3, 0.4) is 0 Å². The summed E-state index contributed by atoms with van der Waals surface area (Å²) >= 11 is 4.93. The van der Waals surface area contributed by atoms with Crippen molar-refractivity contribution in [3.8, 4) is 0 Å². The molecule has 128 valence electrons. The fourth-order valence-electron chi connectivity index (χ4n) is 2.86. The second kappa shape index (κ2) is 6.48. The van der Waals surface area contributed by atoms with E-state index in [4.69, 9.17) is 0 Å². The van der Waals surface area contributed by atoms with Crippen molar-refractivity contribution in [3.63, 3.8) is 0 Å². The number of benzene rings is 1. The molecule has 2 aromatic heterocycles. The molecule has 0 saturated heterocycles. The second-order valence-electron chi connectivity index (χ2n) is 5.75. The Kier molecular flexibility index (Phi) is 4.31. The third-order valence-corrected chi connectivity index (χ3v) is 7.62. The van der Waals surface area contributed by atoms with Crippen LogP contribution in [0.5, 0.6) is 0 Å². The molecule has 0 bridgehead atoms. The smallest absolute Gasteiger partial charge is 0.271 e. The van der Waals surface area contributed by atoms with Gasteiger partial charge in [0, 0.05) is 18.5 Å². The van der Waals surface area contributed by atoms with Crippen LogP contribution in [0.1, 0.15) is 11.9 Å². The van der Waals surface area contributed by atoms with E-state index in [9.17, 15) is 4.79 Å². The fourth-order valence-corrected chi connectivity index (χ4v) is 6.18. The van der Waals surface area contributed by atoms with Gasteiger partial charge < -0.3 is 4.90 Å². The Hall–Kier alpha value is -1.83. The van der Waals surface area contributed by atoms with Crippen LogP contribution in [0.25, 0.3) is 11.1 Å². The van der Waals surface area contributed by atoms with Gasteiger partial charge in [-0.25, -0.2) is 0 Å². The van der Waals surface area contributed by atoms with Gasteiger partial charge in [-0.1, -0.05) is 35.2 Å². The zero-order valence-corrected chi connectivity index (χ0v) is 16.7. The van der Waals surface area contributed by atoms with Gasteiger partial charge in [0.25, 0.3) is 10.6 Å². The summed E-state index contributed by atoms with van der Waals surface area (Å²) in [6, 6.07) is 8.28.